The number of hydrogen-bond acceptors (Lipinski definition) is 4. The Morgan fingerprint density at radius 1 is 1.21 bits per heavy atom. The van der Waals surface area contributed by atoms with Gasteiger partial charge in [0.2, 0.25) is 0 Å². The van der Waals surface area contributed by atoms with Crippen molar-refractivity contribution in [3.8, 4) is 11.5 Å². The van der Waals surface area contributed by atoms with E-state index in [4.69, 9.17) is 15.2 Å². The third-order valence-electron chi connectivity index (χ3n) is 3.02. The summed E-state index contributed by atoms with van der Waals surface area (Å²) in [5.41, 5.74) is 6.96. The summed E-state index contributed by atoms with van der Waals surface area (Å²) < 4.78 is 10.6. The van der Waals surface area contributed by atoms with Gasteiger partial charge in [0.25, 0.3) is 0 Å². The second kappa shape index (κ2) is 6.06. The zero-order valence-corrected chi connectivity index (χ0v) is 12.4. The van der Waals surface area contributed by atoms with Gasteiger partial charge in [0.15, 0.2) is 17.3 Å². The second-order valence-corrected chi connectivity index (χ2v) is 5.47. The van der Waals surface area contributed by atoms with Gasteiger partial charge in [-0.1, -0.05) is 20.8 Å². The van der Waals surface area contributed by atoms with Gasteiger partial charge >= 0.3 is 0 Å². The lowest BCUT2D eigenvalue weighted by molar-refractivity contribution is 0.0981. The van der Waals surface area contributed by atoms with Crippen LogP contribution in [0.3, 0.4) is 0 Å². The van der Waals surface area contributed by atoms with Crippen molar-refractivity contribution in [3.05, 3.63) is 23.3 Å². The number of carbonyl (C=O) groups is 1. The van der Waals surface area contributed by atoms with E-state index >= 15 is 0 Å². The number of benzene rings is 1. The van der Waals surface area contributed by atoms with Gasteiger partial charge in [-0.2, -0.15) is 0 Å². The summed E-state index contributed by atoms with van der Waals surface area (Å²) in [6.45, 7) is 6.59. The summed E-state index contributed by atoms with van der Waals surface area (Å²) in [6.07, 6.45) is 0.299. The molecular weight excluding hydrogens is 242 g/mol. The molecule has 0 aliphatic rings. The van der Waals surface area contributed by atoms with Crippen LogP contribution >= 0.6 is 0 Å². The van der Waals surface area contributed by atoms with Gasteiger partial charge in [-0.25, -0.2) is 0 Å². The summed E-state index contributed by atoms with van der Waals surface area (Å²) >= 11 is 0. The average Bonchev–Trinajstić information content (AvgIpc) is 2.36. The molecule has 0 radical (unpaired) electrons. The lowest BCUT2D eigenvalue weighted by Crippen LogP contribution is -2.15. The first-order valence-electron chi connectivity index (χ1n) is 6.35. The fourth-order valence-electron chi connectivity index (χ4n) is 1.87. The largest absolute Gasteiger partial charge is 0.493 e. The van der Waals surface area contributed by atoms with Crippen molar-refractivity contribution in [1.82, 2.24) is 0 Å². The Labute approximate surface area is 114 Å². The molecule has 0 unspecified atom stereocenters. The van der Waals surface area contributed by atoms with E-state index in [1.165, 1.54) is 7.11 Å². The number of rotatable bonds is 5. The molecule has 0 saturated carbocycles. The first kappa shape index (κ1) is 15.5. The highest BCUT2D eigenvalue weighted by Gasteiger charge is 2.22. The van der Waals surface area contributed by atoms with Crippen molar-refractivity contribution in [1.29, 1.82) is 0 Å². The second-order valence-electron chi connectivity index (χ2n) is 5.47. The molecule has 0 aromatic heterocycles. The molecule has 0 amide bonds. The van der Waals surface area contributed by atoms with Crippen LogP contribution in [0.15, 0.2) is 12.1 Å². The quantitative estimate of drug-likeness (QED) is 0.831. The number of methoxy groups -OCH3 is 2. The van der Waals surface area contributed by atoms with Crippen molar-refractivity contribution in [2.45, 2.75) is 32.6 Å². The van der Waals surface area contributed by atoms with E-state index in [0.29, 0.717) is 30.0 Å². The summed E-state index contributed by atoms with van der Waals surface area (Å²) in [6, 6.07) is 3.79. The van der Waals surface area contributed by atoms with Gasteiger partial charge in [-0.3, -0.25) is 4.79 Å². The van der Waals surface area contributed by atoms with Crippen LogP contribution in [-0.4, -0.2) is 26.5 Å². The van der Waals surface area contributed by atoms with E-state index < -0.39 is 0 Å². The fourth-order valence-corrected chi connectivity index (χ4v) is 1.87. The molecular formula is C15H23NO3. The van der Waals surface area contributed by atoms with E-state index in [1.54, 1.807) is 7.11 Å². The molecule has 1 rings (SSSR count). The van der Waals surface area contributed by atoms with Crippen LogP contribution in [0.2, 0.25) is 0 Å². The molecule has 0 heterocycles. The van der Waals surface area contributed by atoms with E-state index in [-0.39, 0.29) is 11.2 Å². The summed E-state index contributed by atoms with van der Waals surface area (Å²) in [5, 5.41) is 0. The highest BCUT2D eigenvalue weighted by Crippen LogP contribution is 2.37. The minimum atomic E-state index is -0.0721. The molecule has 0 spiro atoms. The molecule has 0 atom stereocenters. The number of nitrogens with two attached hydrogens (primary N) is 1. The van der Waals surface area contributed by atoms with Crippen LogP contribution in [0.1, 0.15) is 43.1 Å². The Bertz CT molecular complexity index is 461. The molecule has 0 bridgehead atoms. The van der Waals surface area contributed by atoms with Crippen molar-refractivity contribution in [2.24, 2.45) is 5.73 Å². The molecule has 1 aromatic rings. The van der Waals surface area contributed by atoms with Crippen LogP contribution in [0, 0.1) is 0 Å². The van der Waals surface area contributed by atoms with Gasteiger partial charge in [-0.15, -0.1) is 0 Å². The van der Waals surface area contributed by atoms with Crippen molar-refractivity contribution in [2.75, 3.05) is 20.8 Å². The van der Waals surface area contributed by atoms with Gasteiger partial charge < -0.3 is 15.2 Å². The van der Waals surface area contributed by atoms with Crippen LogP contribution in [0.5, 0.6) is 11.5 Å². The van der Waals surface area contributed by atoms with Gasteiger partial charge in [0.05, 0.1) is 19.8 Å². The van der Waals surface area contributed by atoms with Gasteiger partial charge in [0, 0.05) is 6.42 Å². The molecule has 106 valence electrons. The fraction of sp³-hybridized carbons (Fsp3) is 0.533. The van der Waals surface area contributed by atoms with E-state index in [9.17, 15) is 4.79 Å². The summed E-state index contributed by atoms with van der Waals surface area (Å²) in [4.78, 5) is 12.2. The van der Waals surface area contributed by atoms with Gasteiger partial charge in [-0.05, 0) is 29.7 Å². The lowest BCUT2D eigenvalue weighted by Gasteiger charge is -2.22. The van der Waals surface area contributed by atoms with E-state index in [1.807, 2.05) is 12.1 Å². The predicted molar refractivity (Wildman–Crippen MR) is 76.2 cm³/mol. The topological polar surface area (TPSA) is 61.5 Å². The normalized spacial score (nSPS) is 11.3. The number of hydrogen-bond donors (Lipinski definition) is 1. The zero-order chi connectivity index (χ0) is 14.6. The molecule has 0 saturated heterocycles. The number of carbonyl (C=O) groups excluding carboxylic acids is 1. The minimum absolute atomic E-state index is 0.0243. The maximum atomic E-state index is 12.2. The lowest BCUT2D eigenvalue weighted by atomic mass is 9.85. The third-order valence-corrected chi connectivity index (χ3v) is 3.02. The Hall–Kier alpha value is -1.55. The first-order chi connectivity index (χ1) is 8.85. The summed E-state index contributed by atoms with van der Waals surface area (Å²) in [5.74, 6) is 1.04. The zero-order valence-electron chi connectivity index (χ0n) is 12.4. The maximum Gasteiger partial charge on any atom is 0.171 e. The first-order valence-corrected chi connectivity index (χ1v) is 6.35. The van der Waals surface area contributed by atoms with Crippen molar-refractivity contribution in [3.63, 3.8) is 0 Å². The Morgan fingerprint density at radius 3 is 2.26 bits per heavy atom. The van der Waals surface area contributed by atoms with Crippen LogP contribution in [0.4, 0.5) is 0 Å². The highest BCUT2D eigenvalue weighted by molar-refractivity contribution is 5.99. The molecule has 0 aliphatic heterocycles. The summed E-state index contributed by atoms with van der Waals surface area (Å²) in [7, 11) is 3.11. The molecule has 2 N–H and O–H groups in total. The molecule has 4 nitrogen and oxygen atoms in total. The van der Waals surface area contributed by atoms with Crippen LogP contribution in [-0.2, 0) is 5.41 Å². The maximum absolute atomic E-state index is 12.2. The molecule has 19 heavy (non-hydrogen) atoms. The van der Waals surface area contributed by atoms with Gasteiger partial charge in [0.1, 0.15) is 0 Å². The van der Waals surface area contributed by atoms with Crippen LogP contribution < -0.4 is 15.2 Å². The molecule has 0 fully saturated rings. The van der Waals surface area contributed by atoms with E-state index in [2.05, 4.69) is 20.8 Å². The number of ketones is 1. The highest BCUT2D eigenvalue weighted by atomic mass is 16.5. The Balaban J connectivity index is 3.44. The van der Waals surface area contributed by atoms with Crippen molar-refractivity contribution >= 4 is 5.78 Å². The van der Waals surface area contributed by atoms with Crippen LogP contribution in [0.25, 0.3) is 0 Å². The number of Topliss-reactive ketones (excluding diaryl/α,β-unsaturated/α-hetero) is 1. The van der Waals surface area contributed by atoms with Crippen molar-refractivity contribution < 1.29 is 14.3 Å². The minimum Gasteiger partial charge on any atom is -0.493 e. The smallest absolute Gasteiger partial charge is 0.171 e. The number of ether oxygens (including phenoxy) is 2. The standard InChI is InChI=1S/C15H23NO3/c1-15(2,3)10-8-11(12(17)6-7-16)14(19-5)13(9-10)18-4/h8-9H,6-7,16H2,1-5H3. The average molecular weight is 265 g/mol. The molecule has 1 aromatic carbocycles. The SMILES string of the molecule is COc1cc(C(C)(C)C)cc(C(=O)CCN)c1OC. The van der Waals surface area contributed by atoms with E-state index in [0.717, 1.165) is 5.56 Å². The predicted octanol–water partition coefficient (Wildman–Crippen LogP) is 2.53. The third kappa shape index (κ3) is 3.47. The molecule has 4 heteroatoms. The molecule has 0 aliphatic carbocycles. The Kier molecular flexibility index (Phi) is 4.95. The monoisotopic (exact) mass is 265 g/mol. The Morgan fingerprint density at radius 2 is 1.84 bits per heavy atom.